The highest BCUT2D eigenvalue weighted by Crippen LogP contribution is 2.33. The van der Waals surface area contributed by atoms with Gasteiger partial charge < -0.3 is 14.8 Å². The van der Waals surface area contributed by atoms with Gasteiger partial charge in [0.15, 0.2) is 6.10 Å². The summed E-state index contributed by atoms with van der Waals surface area (Å²) in [5.41, 5.74) is 1.29. The summed E-state index contributed by atoms with van der Waals surface area (Å²) >= 11 is 1.42. The number of carbonyl (C=O) groups excluding carboxylic acids is 2. The first-order chi connectivity index (χ1) is 13.8. The van der Waals surface area contributed by atoms with E-state index < -0.39 is 22.9 Å². The first-order valence-corrected chi connectivity index (χ1v) is 10.1. The first-order valence-electron chi connectivity index (χ1n) is 9.24. The Labute approximate surface area is 172 Å². The lowest BCUT2D eigenvalue weighted by atomic mass is 9.90. The summed E-state index contributed by atoms with van der Waals surface area (Å²) in [7, 11) is 1.34. The molecule has 0 aliphatic heterocycles. The number of thiophene rings is 1. The van der Waals surface area contributed by atoms with Crippen molar-refractivity contribution < 1.29 is 24.0 Å². The number of nitro benzene ring substituents is 1. The SMILES string of the molecule is COc1cc([N+](=O)[O-])ccc1NC(=O)[C@@H](C)OC(=O)c1cc2c(s1)CC[C@@H](C)C2. The van der Waals surface area contributed by atoms with Gasteiger partial charge in [-0.05, 0) is 49.8 Å². The molecule has 0 unspecified atom stereocenters. The van der Waals surface area contributed by atoms with Crippen molar-refractivity contribution in [3.63, 3.8) is 0 Å². The quantitative estimate of drug-likeness (QED) is 0.432. The van der Waals surface area contributed by atoms with E-state index in [9.17, 15) is 19.7 Å². The molecule has 1 aromatic heterocycles. The molecule has 1 amide bonds. The van der Waals surface area contributed by atoms with E-state index in [-0.39, 0.29) is 17.1 Å². The summed E-state index contributed by atoms with van der Waals surface area (Å²) in [5, 5.41) is 13.4. The molecule has 3 rings (SSSR count). The van der Waals surface area contributed by atoms with Crippen molar-refractivity contribution in [3.05, 3.63) is 49.7 Å². The molecular formula is C20H22N2O6S. The monoisotopic (exact) mass is 418 g/mol. The Bertz CT molecular complexity index is 954. The number of amides is 1. The lowest BCUT2D eigenvalue weighted by Crippen LogP contribution is -2.30. The summed E-state index contributed by atoms with van der Waals surface area (Å²) < 4.78 is 10.4. The van der Waals surface area contributed by atoms with Crippen LogP contribution in [0.4, 0.5) is 11.4 Å². The fraction of sp³-hybridized carbons (Fsp3) is 0.400. The predicted octanol–water partition coefficient (Wildman–Crippen LogP) is 3.97. The number of nitrogens with zero attached hydrogens (tertiary/aromatic N) is 1. The van der Waals surface area contributed by atoms with Gasteiger partial charge in [-0.25, -0.2) is 4.79 Å². The second kappa shape index (κ2) is 8.60. The molecule has 0 saturated heterocycles. The van der Waals surface area contributed by atoms with Crippen LogP contribution in [0.5, 0.6) is 5.75 Å². The van der Waals surface area contributed by atoms with Gasteiger partial charge in [-0.2, -0.15) is 0 Å². The highest BCUT2D eigenvalue weighted by molar-refractivity contribution is 7.14. The molecule has 1 aliphatic carbocycles. The number of fused-ring (bicyclic) bond motifs is 1. The Balaban J connectivity index is 1.65. The Hall–Kier alpha value is -2.94. The molecule has 29 heavy (non-hydrogen) atoms. The van der Waals surface area contributed by atoms with Crippen molar-refractivity contribution in [1.82, 2.24) is 0 Å². The van der Waals surface area contributed by atoms with E-state index in [1.165, 1.54) is 54.0 Å². The number of methoxy groups -OCH3 is 1. The van der Waals surface area contributed by atoms with Crippen LogP contribution in [0.3, 0.4) is 0 Å². The van der Waals surface area contributed by atoms with Crippen LogP contribution in [0, 0.1) is 16.0 Å². The van der Waals surface area contributed by atoms with Crippen molar-refractivity contribution >= 4 is 34.6 Å². The second-order valence-electron chi connectivity index (χ2n) is 7.09. The molecule has 154 valence electrons. The number of hydrogen-bond acceptors (Lipinski definition) is 7. The van der Waals surface area contributed by atoms with Gasteiger partial charge in [-0.1, -0.05) is 6.92 Å². The van der Waals surface area contributed by atoms with Crippen LogP contribution in [-0.4, -0.2) is 30.0 Å². The number of nitrogens with one attached hydrogen (secondary N) is 1. The molecule has 1 aromatic carbocycles. The molecule has 2 aromatic rings. The largest absolute Gasteiger partial charge is 0.494 e. The average Bonchev–Trinajstić information content (AvgIpc) is 3.11. The molecule has 0 radical (unpaired) electrons. The van der Waals surface area contributed by atoms with E-state index in [0.717, 1.165) is 19.3 Å². The van der Waals surface area contributed by atoms with Gasteiger partial charge in [0.1, 0.15) is 10.6 Å². The van der Waals surface area contributed by atoms with Crippen LogP contribution in [0.2, 0.25) is 0 Å². The molecule has 8 nitrogen and oxygen atoms in total. The molecule has 1 N–H and O–H groups in total. The highest BCUT2D eigenvalue weighted by Gasteiger charge is 2.25. The first kappa shape index (κ1) is 20.8. The summed E-state index contributed by atoms with van der Waals surface area (Å²) in [6.07, 6.45) is 1.98. The molecule has 1 aliphatic rings. The fourth-order valence-corrected chi connectivity index (χ4v) is 4.30. The zero-order valence-corrected chi connectivity index (χ0v) is 17.2. The van der Waals surface area contributed by atoms with E-state index in [0.29, 0.717) is 10.8 Å². The number of benzene rings is 1. The molecule has 0 spiro atoms. The van der Waals surface area contributed by atoms with Crippen LogP contribution in [0.1, 0.15) is 40.4 Å². The third kappa shape index (κ3) is 4.73. The Morgan fingerprint density at radius 2 is 2.10 bits per heavy atom. The lowest BCUT2D eigenvalue weighted by molar-refractivity contribution is -0.384. The molecule has 0 fully saturated rings. The van der Waals surface area contributed by atoms with E-state index in [1.54, 1.807) is 0 Å². The summed E-state index contributed by atoms with van der Waals surface area (Å²) in [6.45, 7) is 3.66. The zero-order chi connectivity index (χ0) is 21.1. The van der Waals surface area contributed by atoms with Crippen molar-refractivity contribution in [2.45, 2.75) is 39.2 Å². The van der Waals surface area contributed by atoms with Crippen LogP contribution >= 0.6 is 11.3 Å². The van der Waals surface area contributed by atoms with Gasteiger partial charge in [-0.15, -0.1) is 11.3 Å². The highest BCUT2D eigenvalue weighted by atomic mass is 32.1. The minimum Gasteiger partial charge on any atom is -0.494 e. The summed E-state index contributed by atoms with van der Waals surface area (Å²) in [6, 6.07) is 5.70. The molecule has 9 heteroatoms. The number of non-ortho nitro benzene ring substituents is 1. The third-order valence-corrected chi connectivity index (χ3v) is 6.05. The number of aryl methyl sites for hydroxylation is 1. The van der Waals surface area contributed by atoms with Crippen molar-refractivity contribution in [2.75, 3.05) is 12.4 Å². The van der Waals surface area contributed by atoms with Crippen LogP contribution in [0.25, 0.3) is 0 Å². The minimum absolute atomic E-state index is 0.145. The third-order valence-electron chi connectivity index (χ3n) is 4.84. The number of ether oxygens (including phenoxy) is 2. The fourth-order valence-electron chi connectivity index (χ4n) is 3.21. The standard InChI is InChI=1S/C20H22N2O6S/c1-11-4-7-17-13(8-11)9-18(29-17)20(24)28-12(2)19(23)21-15-6-5-14(22(25)26)10-16(15)27-3/h5-6,9-12H,4,7-8H2,1-3H3,(H,21,23)/t11-,12-/m1/s1. The summed E-state index contributed by atoms with van der Waals surface area (Å²) in [5.74, 6) is -0.343. The van der Waals surface area contributed by atoms with Gasteiger partial charge in [-0.3, -0.25) is 14.9 Å². The van der Waals surface area contributed by atoms with Gasteiger partial charge >= 0.3 is 5.97 Å². The van der Waals surface area contributed by atoms with Gasteiger partial charge in [0.25, 0.3) is 11.6 Å². The smallest absolute Gasteiger partial charge is 0.349 e. The number of hydrogen-bond donors (Lipinski definition) is 1. The number of nitro groups is 1. The second-order valence-corrected chi connectivity index (χ2v) is 8.22. The lowest BCUT2D eigenvalue weighted by Gasteiger charge is -2.16. The zero-order valence-electron chi connectivity index (χ0n) is 16.4. The van der Waals surface area contributed by atoms with E-state index in [1.807, 2.05) is 6.07 Å². The number of carbonyl (C=O) groups is 2. The molecule has 1 heterocycles. The Morgan fingerprint density at radius 1 is 1.34 bits per heavy atom. The van der Waals surface area contributed by atoms with Crippen LogP contribution in [0.15, 0.2) is 24.3 Å². The van der Waals surface area contributed by atoms with Crippen LogP contribution < -0.4 is 10.1 Å². The van der Waals surface area contributed by atoms with E-state index >= 15 is 0 Å². The van der Waals surface area contributed by atoms with E-state index in [2.05, 4.69) is 12.2 Å². The molecule has 0 bridgehead atoms. The molecule has 2 atom stereocenters. The summed E-state index contributed by atoms with van der Waals surface area (Å²) in [4.78, 5) is 36.9. The predicted molar refractivity (Wildman–Crippen MR) is 109 cm³/mol. The van der Waals surface area contributed by atoms with Gasteiger partial charge in [0.2, 0.25) is 0 Å². The topological polar surface area (TPSA) is 108 Å². The number of anilines is 1. The van der Waals surface area contributed by atoms with Crippen molar-refractivity contribution in [2.24, 2.45) is 5.92 Å². The minimum atomic E-state index is -1.04. The maximum atomic E-state index is 12.5. The number of esters is 1. The van der Waals surface area contributed by atoms with Crippen molar-refractivity contribution in [3.8, 4) is 5.75 Å². The number of rotatable bonds is 6. The average molecular weight is 418 g/mol. The van der Waals surface area contributed by atoms with E-state index in [4.69, 9.17) is 9.47 Å². The van der Waals surface area contributed by atoms with Crippen molar-refractivity contribution in [1.29, 1.82) is 0 Å². The van der Waals surface area contributed by atoms with Crippen LogP contribution in [-0.2, 0) is 22.4 Å². The van der Waals surface area contributed by atoms with Gasteiger partial charge in [0, 0.05) is 10.9 Å². The Kier molecular flexibility index (Phi) is 6.17. The molecule has 0 saturated carbocycles. The van der Waals surface area contributed by atoms with Gasteiger partial charge in [0.05, 0.1) is 23.8 Å². The molecular weight excluding hydrogens is 396 g/mol. The Morgan fingerprint density at radius 3 is 2.79 bits per heavy atom. The maximum absolute atomic E-state index is 12.5. The maximum Gasteiger partial charge on any atom is 0.349 e. The normalized spacial score (nSPS) is 16.4.